The number of para-hydroxylation sites is 1. The van der Waals surface area contributed by atoms with Crippen LogP contribution in [0.2, 0.25) is 0 Å². The van der Waals surface area contributed by atoms with Crippen LogP contribution in [0.3, 0.4) is 0 Å². The number of halogens is 1. The van der Waals surface area contributed by atoms with Gasteiger partial charge in [0.15, 0.2) is 16.6 Å². The van der Waals surface area contributed by atoms with E-state index in [-0.39, 0.29) is 11.4 Å². The maximum atomic E-state index is 13.9. The van der Waals surface area contributed by atoms with Crippen molar-refractivity contribution < 1.29 is 13.9 Å². The van der Waals surface area contributed by atoms with Crippen LogP contribution in [0, 0.1) is 5.82 Å². The molecule has 26 heavy (non-hydrogen) atoms. The van der Waals surface area contributed by atoms with Gasteiger partial charge in [-0.25, -0.2) is 4.39 Å². The molecule has 1 fully saturated rings. The van der Waals surface area contributed by atoms with Gasteiger partial charge in [0.25, 0.3) is 0 Å². The van der Waals surface area contributed by atoms with E-state index < -0.39 is 0 Å². The zero-order valence-corrected chi connectivity index (χ0v) is 15.8. The second kappa shape index (κ2) is 7.91. The van der Waals surface area contributed by atoms with Crippen molar-refractivity contribution in [1.29, 1.82) is 0 Å². The number of hydrogen-bond donors (Lipinski definition) is 2. The molecule has 0 spiro atoms. The van der Waals surface area contributed by atoms with Crippen molar-refractivity contribution in [1.82, 2.24) is 5.32 Å². The minimum Gasteiger partial charge on any atom is -0.493 e. The molecule has 0 atom stereocenters. The summed E-state index contributed by atoms with van der Waals surface area (Å²) >= 11 is 5.47. The number of ether oxygens (including phenoxy) is 2. The van der Waals surface area contributed by atoms with Crippen molar-refractivity contribution in [3.8, 4) is 11.5 Å². The zero-order valence-electron chi connectivity index (χ0n) is 15.0. The van der Waals surface area contributed by atoms with Crippen molar-refractivity contribution in [3.05, 3.63) is 53.8 Å². The molecule has 0 bridgehead atoms. The minimum atomic E-state index is -0.330. The fourth-order valence-corrected chi connectivity index (χ4v) is 3.84. The highest BCUT2D eigenvalue weighted by atomic mass is 32.1. The van der Waals surface area contributed by atoms with E-state index in [1.807, 2.05) is 18.2 Å². The summed E-state index contributed by atoms with van der Waals surface area (Å²) in [6.45, 7) is 0. The SMILES string of the molecule is COc1ccc(C2(NC(=S)Nc3ccccc3F)CCCC2)cc1OC. The summed E-state index contributed by atoms with van der Waals surface area (Å²) in [4.78, 5) is 0. The zero-order chi connectivity index (χ0) is 18.6. The Balaban J connectivity index is 1.84. The Morgan fingerprint density at radius 1 is 1.04 bits per heavy atom. The summed E-state index contributed by atoms with van der Waals surface area (Å²) in [5.41, 5.74) is 1.16. The second-order valence-corrected chi connectivity index (χ2v) is 6.83. The molecule has 138 valence electrons. The molecule has 1 aliphatic carbocycles. The van der Waals surface area contributed by atoms with Crippen molar-refractivity contribution in [2.75, 3.05) is 19.5 Å². The fraction of sp³-hybridized carbons (Fsp3) is 0.350. The lowest BCUT2D eigenvalue weighted by Gasteiger charge is -2.33. The topological polar surface area (TPSA) is 42.5 Å². The molecular weight excluding hydrogens is 351 g/mol. The van der Waals surface area contributed by atoms with Crippen molar-refractivity contribution in [2.45, 2.75) is 31.2 Å². The van der Waals surface area contributed by atoms with Crippen molar-refractivity contribution >= 4 is 23.0 Å². The molecule has 6 heteroatoms. The first kappa shape index (κ1) is 18.5. The normalized spacial score (nSPS) is 15.3. The molecule has 0 aromatic heterocycles. The van der Waals surface area contributed by atoms with Crippen molar-refractivity contribution in [3.63, 3.8) is 0 Å². The standard InChI is InChI=1S/C20H23FN2O2S/c1-24-17-10-9-14(13-18(17)25-2)20(11-5-6-12-20)23-19(26)22-16-8-4-3-7-15(16)21/h3-4,7-10,13H,5-6,11-12H2,1-2H3,(H2,22,23,26). The van der Waals surface area contributed by atoms with E-state index in [9.17, 15) is 4.39 Å². The monoisotopic (exact) mass is 374 g/mol. The van der Waals surface area contributed by atoms with Gasteiger partial charge < -0.3 is 20.1 Å². The van der Waals surface area contributed by atoms with Gasteiger partial charge in [-0.05, 0) is 54.9 Å². The van der Waals surface area contributed by atoms with E-state index in [2.05, 4.69) is 10.6 Å². The van der Waals surface area contributed by atoms with Gasteiger partial charge >= 0.3 is 0 Å². The van der Waals surface area contributed by atoms with Gasteiger partial charge in [0.05, 0.1) is 25.4 Å². The Labute approximate surface area is 158 Å². The lowest BCUT2D eigenvalue weighted by atomic mass is 9.88. The third-order valence-electron chi connectivity index (χ3n) is 4.87. The average molecular weight is 374 g/mol. The Morgan fingerprint density at radius 2 is 1.73 bits per heavy atom. The Hall–Kier alpha value is -2.34. The third-order valence-corrected chi connectivity index (χ3v) is 5.07. The second-order valence-electron chi connectivity index (χ2n) is 6.42. The van der Waals surface area contributed by atoms with E-state index in [0.717, 1.165) is 31.2 Å². The Bertz CT molecular complexity index is 791. The van der Waals surface area contributed by atoms with E-state index >= 15 is 0 Å². The maximum absolute atomic E-state index is 13.9. The molecular formula is C20H23FN2O2S. The van der Waals surface area contributed by atoms with Gasteiger partial charge in [-0.1, -0.05) is 31.0 Å². The molecule has 2 N–H and O–H groups in total. The molecule has 0 radical (unpaired) electrons. The largest absolute Gasteiger partial charge is 0.493 e. The molecule has 2 aromatic rings. The highest BCUT2D eigenvalue weighted by Crippen LogP contribution is 2.41. The number of anilines is 1. The van der Waals surface area contributed by atoms with Crippen LogP contribution in [-0.2, 0) is 5.54 Å². The van der Waals surface area contributed by atoms with E-state index in [0.29, 0.717) is 22.3 Å². The smallest absolute Gasteiger partial charge is 0.171 e. The highest BCUT2D eigenvalue weighted by molar-refractivity contribution is 7.80. The molecule has 4 nitrogen and oxygen atoms in total. The molecule has 1 aliphatic rings. The van der Waals surface area contributed by atoms with Crippen LogP contribution in [0.1, 0.15) is 31.2 Å². The van der Waals surface area contributed by atoms with Gasteiger partial charge in [0.2, 0.25) is 0 Å². The van der Waals surface area contributed by atoms with Crippen LogP contribution in [-0.4, -0.2) is 19.3 Å². The number of nitrogens with one attached hydrogen (secondary N) is 2. The Kier molecular flexibility index (Phi) is 5.61. The van der Waals surface area contributed by atoms with E-state index in [1.165, 1.54) is 6.07 Å². The first-order valence-corrected chi connectivity index (χ1v) is 9.05. The Morgan fingerprint density at radius 3 is 2.38 bits per heavy atom. The molecule has 0 unspecified atom stereocenters. The lowest BCUT2D eigenvalue weighted by Crippen LogP contribution is -2.45. The molecule has 0 amide bonds. The quantitative estimate of drug-likeness (QED) is 0.749. The van der Waals surface area contributed by atoms with Crippen molar-refractivity contribution in [2.24, 2.45) is 0 Å². The molecule has 0 saturated heterocycles. The predicted molar refractivity (Wildman–Crippen MR) is 105 cm³/mol. The first-order valence-electron chi connectivity index (χ1n) is 8.64. The number of benzene rings is 2. The van der Waals surface area contributed by atoms with E-state index in [1.54, 1.807) is 32.4 Å². The summed E-state index contributed by atoms with van der Waals surface area (Å²) in [6, 6.07) is 12.4. The number of hydrogen-bond acceptors (Lipinski definition) is 3. The van der Waals surface area contributed by atoms with Crippen LogP contribution in [0.4, 0.5) is 10.1 Å². The predicted octanol–water partition coefficient (Wildman–Crippen LogP) is 4.60. The number of methoxy groups -OCH3 is 2. The first-order chi connectivity index (χ1) is 12.6. The van der Waals surface area contributed by atoms with Gasteiger partial charge in [-0.15, -0.1) is 0 Å². The molecule has 2 aromatic carbocycles. The summed E-state index contributed by atoms with van der Waals surface area (Å²) in [5.74, 6) is 1.05. The average Bonchev–Trinajstić information content (AvgIpc) is 3.12. The van der Waals surface area contributed by atoms with Crippen LogP contribution in [0.5, 0.6) is 11.5 Å². The maximum Gasteiger partial charge on any atom is 0.171 e. The fourth-order valence-electron chi connectivity index (χ4n) is 3.53. The van der Waals surface area contributed by atoms with Crippen LogP contribution < -0.4 is 20.1 Å². The molecule has 0 aliphatic heterocycles. The van der Waals surface area contributed by atoms with Gasteiger partial charge in [0, 0.05) is 0 Å². The van der Waals surface area contributed by atoms with Crippen LogP contribution >= 0.6 is 12.2 Å². The van der Waals surface area contributed by atoms with E-state index in [4.69, 9.17) is 21.7 Å². The van der Waals surface area contributed by atoms with Gasteiger partial charge in [0.1, 0.15) is 5.82 Å². The summed E-state index contributed by atoms with van der Waals surface area (Å²) in [6.07, 6.45) is 4.09. The van der Waals surface area contributed by atoms with Crippen LogP contribution in [0.25, 0.3) is 0 Å². The molecule has 3 rings (SSSR count). The van der Waals surface area contributed by atoms with Crippen LogP contribution in [0.15, 0.2) is 42.5 Å². The third kappa shape index (κ3) is 3.75. The molecule has 1 saturated carbocycles. The minimum absolute atomic E-state index is 0.297. The summed E-state index contributed by atoms with van der Waals surface area (Å²) < 4.78 is 24.7. The number of rotatable bonds is 5. The lowest BCUT2D eigenvalue weighted by molar-refractivity contribution is 0.350. The number of thiocarbonyl (C=S) groups is 1. The van der Waals surface area contributed by atoms with Gasteiger partial charge in [-0.3, -0.25) is 0 Å². The summed E-state index contributed by atoms with van der Waals surface area (Å²) in [7, 11) is 3.25. The summed E-state index contributed by atoms with van der Waals surface area (Å²) in [5, 5.41) is 6.81. The van der Waals surface area contributed by atoms with Gasteiger partial charge in [-0.2, -0.15) is 0 Å². The molecule has 0 heterocycles. The highest BCUT2D eigenvalue weighted by Gasteiger charge is 2.37.